The predicted molar refractivity (Wildman–Crippen MR) is 216 cm³/mol. The summed E-state index contributed by atoms with van der Waals surface area (Å²) in [6.07, 6.45) is 0. The summed E-state index contributed by atoms with van der Waals surface area (Å²) in [4.78, 5) is 5.25. The third-order valence-corrected chi connectivity index (χ3v) is 10.5. The summed E-state index contributed by atoms with van der Waals surface area (Å²) >= 11 is 0. The molecule has 0 bridgehead atoms. The molecule has 0 unspecified atom stereocenters. The quantitative estimate of drug-likeness (QED) is 0.176. The van der Waals surface area contributed by atoms with Crippen LogP contribution in [0.15, 0.2) is 185 Å². The van der Waals surface area contributed by atoms with Gasteiger partial charge in [-0.1, -0.05) is 133 Å². The molecular formula is C49H29NO2. The standard InChI is InChI=1S/C49H29NO2/c1-2-11-32(12-3-1)49-40-29-45-48(38-17-6-9-20-43(38)52-45)46(47(40)37-16-4-7-18-41(37)50-49)35-14-10-13-33(27-35)30-21-23-31(24-22-30)34-25-26-44-39(28-34)36-15-5-8-19-42(36)51-44/h1-29H. The molecular weight excluding hydrogens is 635 g/mol. The van der Waals surface area contributed by atoms with Gasteiger partial charge in [-0.15, -0.1) is 0 Å². The number of hydrogen-bond acceptors (Lipinski definition) is 3. The van der Waals surface area contributed by atoms with Crippen molar-refractivity contribution in [2.75, 3.05) is 0 Å². The van der Waals surface area contributed by atoms with E-state index in [1.807, 2.05) is 24.3 Å². The van der Waals surface area contributed by atoms with Crippen LogP contribution in [0.25, 0.3) is 110 Å². The molecule has 0 N–H and O–H groups in total. The topological polar surface area (TPSA) is 39.2 Å². The smallest absolute Gasteiger partial charge is 0.136 e. The first-order valence-corrected chi connectivity index (χ1v) is 17.6. The van der Waals surface area contributed by atoms with E-state index in [1.54, 1.807) is 0 Å². The molecule has 0 aliphatic heterocycles. The van der Waals surface area contributed by atoms with Crippen LogP contribution in [0.3, 0.4) is 0 Å². The molecule has 0 saturated carbocycles. The lowest BCUT2D eigenvalue weighted by atomic mass is 9.88. The molecule has 0 radical (unpaired) electrons. The van der Waals surface area contributed by atoms with Crippen molar-refractivity contribution < 1.29 is 8.83 Å². The normalized spacial score (nSPS) is 11.8. The van der Waals surface area contributed by atoms with Crippen molar-refractivity contribution in [1.29, 1.82) is 0 Å². The Morgan fingerprint density at radius 2 is 0.885 bits per heavy atom. The zero-order valence-corrected chi connectivity index (χ0v) is 28.0. The largest absolute Gasteiger partial charge is 0.456 e. The minimum absolute atomic E-state index is 0.857. The summed E-state index contributed by atoms with van der Waals surface area (Å²) in [5.74, 6) is 0. The summed E-state index contributed by atoms with van der Waals surface area (Å²) in [5, 5.41) is 7.87. The Morgan fingerprint density at radius 1 is 0.308 bits per heavy atom. The third kappa shape index (κ3) is 4.43. The van der Waals surface area contributed by atoms with Crippen molar-refractivity contribution in [1.82, 2.24) is 4.98 Å². The molecule has 0 saturated heterocycles. The van der Waals surface area contributed by atoms with E-state index >= 15 is 0 Å². The monoisotopic (exact) mass is 663 g/mol. The minimum Gasteiger partial charge on any atom is -0.456 e. The number of nitrogens with zero attached hydrogens (tertiary/aromatic N) is 1. The highest BCUT2D eigenvalue weighted by Crippen LogP contribution is 2.46. The summed E-state index contributed by atoms with van der Waals surface area (Å²) < 4.78 is 12.7. The van der Waals surface area contributed by atoms with Gasteiger partial charge in [-0.05, 0) is 70.3 Å². The van der Waals surface area contributed by atoms with Gasteiger partial charge in [0.25, 0.3) is 0 Å². The molecule has 0 spiro atoms. The van der Waals surface area contributed by atoms with E-state index < -0.39 is 0 Å². The average Bonchev–Trinajstić information content (AvgIpc) is 3.78. The lowest BCUT2D eigenvalue weighted by molar-refractivity contribution is 0.669. The Kier molecular flexibility index (Phi) is 6.25. The Hall–Kier alpha value is -6.97. The van der Waals surface area contributed by atoms with Gasteiger partial charge in [-0.25, -0.2) is 4.98 Å². The SMILES string of the molecule is c1ccc(-c2nc3ccccc3c3c(-c4cccc(-c5ccc(-c6ccc7oc8ccccc8c7c6)cc5)c4)c4c(cc23)oc2ccccc24)cc1. The van der Waals surface area contributed by atoms with Crippen LogP contribution in [0.2, 0.25) is 0 Å². The van der Waals surface area contributed by atoms with Gasteiger partial charge in [-0.2, -0.15) is 0 Å². The molecule has 242 valence electrons. The molecule has 11 rings (SSSR count). The summed E-state index contributed by atoms with van der Waals surface area (Å²) in [7, 11) is 0. The maximum atomic E-state index is 6.61. The maximum absolute atomic E-state index is 6.61. The van der Waals surface area contributed by atoms with Crippen LogP contribution in [0.5, 0.6) is 0 Å². The molecule has 3 heterocycles. The van der Waals surface area contributed by atoms with Crippen molar-refractivity contribution in [2.45, 2.75) is 0 Å². The number of para-hydroxylation sites is 3. The van der Waals surface area contributed by atoms with Crippen LogP contribution in [0, 0.1) is 0 Å². The molecule has 0 amide bonds. The second-order valence-corrected chi connectivity index (χ2v) is 13.5. The second kappa shape index (κ2) is 11.3. The molecule has 0 aliphatic carbocycles. The van der Waals surface area contributed by atoms with Gasteiger partial charge < -0.3 is 8.83 Å². The number of benzene rings is 8. The number of furan rings is 2. The van der Waals surface area contributed by atoms with Gasteiger partial charge in [0.15, 0.2) is 0 Å². The fraction of sp³-hybridized carbons (Fsp3) is 0. The van der Waals surface area contributed by atoms with Crippen molar-refractivity contribution in [3.8, 4) is 44.6 Å². The minimum atomic E-state index is 0.857. The van der Waals surface area contributed by atoms with Crippen molar-refractivity contribution in [3.05, 3.63) is 176 Å². The zero-order chi connectivity index (χ0) is 34.2. The average molecular weight is 664 g/mol. The molecule has 3 heteroatoms. The molecule has 0 aliphatic rings. The van der Waals surface area contributed by atoms with E-state index in [9.17, 15) is 0 Å². The van der Waals surface area contributed by atoms with Crippen molar-refractivity contribution in [3.63, 3.8) is 0 Å². The summed E-state index contributed by atoms with van der Waals surface area (Å²) in [5.41, 5.74) is 13.5. The Bertz CT molecular complexity index is 3170. The van der Waals surface area contributed by atoms with E-state index in [0.717, 1.165) is 93.7 Å². The number of pyridine rings is 1. The third-order valence-electron chi connectivity index (χ3n) is 10.5. The summed E-state index contributed by atoms with van der Waals surface area (Å²) in [6.45, 7) is 0. The molecule has 52 heavy (non-hydrogen) atoms. The highest BCUT2D eigenvalue weighted by Gasteiger charge is 2.22. The van der Waals surface area contributed by atoms with Crippen molar-refractivity contribution in [2.24, 2.45) is 0 Å². The fourth-order valence-electron chi connectivity index (χ4n) is 8.04. The van der Waals surface area contributed by atoms with Crippen LogP contribution in [0.4, 0.5) is 0 Å². The fourth-order valence-corrected chi connectivity index (χ4v) is 8.04. The lowest BCUT2D eigenvalue weighted by Gasteiger charge is -2.16. The van der Waals surface area contributed by atoms with E-state index in [1.165, 1.54) is 16.5 Å². The van der Waals surface area contributed by atoms with E-state index in [-0.39, 0.29) is 0 Å². The van der Waals surface area contributed by atoms with E-state index in [4.69, 9.17) is 13.8 Å². The summed E-state index contributed by atoms with van der Waals surface area (Å²) in [6, 6.07) is 62.0. The van der Waals surface area contributed by atoms with Gasteiger partial charge >= 0.3 is 0 Å². The number of rotatable bonds is 4. The Labute approximate surface area is 299 Å². The first-order chi connectivity index (χ1) is 25.8. The van der Waals surface area contributed by atoms with E-state index in [2.05, 4.69) is 152 Å². The van der Waals surface area contributed by atoms with Crippen LogP contribution in [-0.4, -0.2) is 4.98 Å². The Morgan fingerprint density at radius 3 is 1.69 bits per heavy atom. The lowest BCUT2D eigenvalue weighted by Crippen LogP contribution is -1.93. The number of fused-ring (bicyclic) bond motifs is 9. The Balaban J connectivity index is 1.12. The van der Waals surface area contributed by atoms with Crippen LogP contribution < -0.4 is 0 Å². The highest BCUT2D eigenvalue weighted by atomic mass is 16.3. The molecule has 11 aromatic rings. The van der Waals surface area contributed by atoms with Crippen LogP contribution >= 0.6 is 0 Å². The van der Waals surface area contributed by atoms with Gasteiger partial charge in [0.2, 0.25) is 0 Å². The van der Waals surface area contributed by atoms with Gasteiger partial charge in [0.05, 0.1) is 11.2 Å². The first-order valence-electron chi connectivity index (χ1n) is 17.6. The number of hydrogen-bond donors (Lipinski definition) is 0. The molecule has 0 fully saturated rings. The van der Waals surface area contributed by atoms with Gasteiger partial charge in [0.1, 0.15) is 22.3 Å². The molecule has 3 nitrogen and oxygen atoms in total. The van der Waals surface area contributed by atoms with E-state index in [0.29, 0.717) is 0 Å². The number of aromatic nitrogens is 1. The molecule has 3 aromatic heterocycles. The first kappa shape index (κ1) is 28.8. The molecule has 0 atom stereocenters. The van der Waals surface area contributed by atoms with Gasteiger partial charge in [0, 0.05) is 48.8 Å². The highest BCUT2D eigenvalue weighted by molar-refractivity contribution is 6.27. The van der Waals surface area contributed by atoms with Gasteiger partial charge in [-0.3, -0.25) is 0 Å². The maximum Gasteiger partial charge on any atom is 0.136 e. The van der Waals surface area contributed by atoms with Crippen LogP contribution in [0.1, 0.15) is 0 Å². The zero-order valence-electron chi connectivity index (χ0n) is 28.0. The molecule has 8 aromatic carbocycles. The van der Waals surface area contributed by atoms with Crippen LogP contribution in [-0.2, 0) is 0 Å². The predicted octanol–water partition coefficient (Wildman–Crippen LogP) is 13.9. The second-order valence-electron chi connectivity index (χ2n) is 13.5. The van der Waals surface area contributed by atoms with Crippen molar-refractivity contribution >= 4 is 65.6 Å².